The van der Waals surface area contributed by atoms with Crippen LogP contribution in [0.4, 0.5) is 13.2 Å². The predicted octanol–water partition coefficient (Wildman–Crippen LogP) is 4.74. The van der Waals surface area contributed by atoms with Gasteiger partial charge in [-0.3, -0.25) is 9.59 Å². The number of carbonyl (C=O) groups is 1. The molecule has 2 fully saturated rings. The van der Waals surface area contributed by atoms with Crippen molar-refractivity contribution in [1.82, 2.24) is 14.7 Å². The minimum Gasteiger partial charge on any atom is -0.334 e. The predicted molar refractivity (Wildman–Crippen MR) is 110 cm³/mol. The third kappa shape index (κ3) is 4.38. The summed E-state index contributed by atoms with van der Waals surface area (Å²) >= 11 is 0. The topological polar surface area (TPSA) is 55.2 Å². The van der Waals surface area contributed by atoms with E-state index < -0.39 is 23.1 Å². The number of hydrogen-bond acceptors (Lipinski definition) is 3. The minimum atomic E-state index is -4.50. The molecule has 0 bridgehead atoms. The Hall–Kier alpha value is -2.64. The highest BCUT2D eigenvalue weighted by Crippen LogP contribution is 2.35. The quantitative estimate of drug-likeness (QED) is 0.702. The van der Waals surface area contributed by atoms with Gasteiger partial charge in [-0.2, -0.15) is 18.3 Å². The van der Waals surface area contributed by atoms with Gasteiger partial charge in [-0.25, -0.2) is 4.68 Å². The molecule has 4 rings (SSSR count). The van der Waals surface area contributed by atoms with Crippen molar-refractivity contribution in [3.8, 4) is 5.69 Å². The maximum absolute atomic E-state index is 13.3. The Labute approximate surface area is 178 Å². The summed E-state index contributed by atoms with van der Waals surface area (Å²) < 4.78 is 40.7. The number of halogens is 3. The van der Waals surface area contributed by atoms with Crippen molar-refractivity contribution >= 4 is 5.91 Å². The largest absolute Gasteiger partial charge is 0.416 e. The van der Waals surface area contributed by atoms with Gasteiger partial charge in [-0.1, -0.05) is 25.3 Å². The molecule has 8 heteroatoms. The SMILES string of the molecule is Cc1cc(=O)c(C(=O)N2CCCC2C2CCCCC2)nn1-c1cccc(C(F)(F)F)c1. The van der Waals surface area contributed by atoms with Crippen LogP contribution in [0.1, 0.15) is 66.7 Å². The van der Waals surface area contributed by atoms with Crippen molar-refractivity contribution in [3.05, 3.63) is 57.5 Å². The molecule has 5 nitrogen and oxygen atoms in total. The Morgan fingerprint density at radius 3 is 2.52 bits per heavy atom. The molecule has 2 aliphatic rings. The van der Waals surface area contributed by atoms with Crippen molar-refractivity contribution in [1.29, 1.82) is 0 Å². The number of aromatic nitrogens is 2. The third-order valence-electron chi connectivity index (χ3n) is 6.48. The van der Waals surface area contributed by atoms with Gasteiger partial charge in [0.25, 0.3) is 5.91 Å². The number of amides is 1. The molecule has 1 amide bonds. The van der Waals surface area contributed by atoms with Crippen LogP contribution >= 0.6 is 0 Å². The summed E-state index contributed by atoms with van der Waals surface area (Å²) in [4.78, 5) is 27.7. The Morgan fingerprint density at radius 2 is 1.81 bits per heavy atom. The number of likely N-dealkylation sites (tertiary alicyclic amines) is 1. The number of aryl methyl sites for hydroxylation is 1. The van der Waals surface area contributed by atoms with Gasteiger partial charge in [0.05, 0.1) is 11.3 Å². The molecule has 0 radical (unpaired) electrons. The molecule has 1 aromatic carbocycles. The molecule has 31 heavy (non-hydrogen) atoms. The van der Waals surface area contributed by atoms with Crippen molar-refractivity contribution in [2.24, 2.45) is 5.92 Å². The highest BCUT2D eigenvalue weighted by atomic mass is 19.4. The zero-order valence-corrected chi connectivity index (χ0v) is 17.5. The van der Waals surface area contributed by atoms with E-state index >= 15 is 0 Å². The highest BCUT2D eigenvalue weighted by molar-refractivity contribution is 5.92. The van der Waals surface area contributed by atoms with Gasteiger partial charge < -0.3 is 4.90 Å². The van der Waals surface area contributed by atoms with E-state index in [9.17, 15) is 22.8 Å². The fourth-order valence-electron chi connectivity index (χ4n) is 4.96. The fourth-order valence-corrected chi connectivity index (χ4v) is 4.96. The summed E-state index contributed by atoms with van der Waals surface area (Å²) in [5.41, 5.74) is -1.02. The molecule has 1 saturated heterocycles. The second kappa shape index (κ2) is 8.48. The standard InChI is InChI=1S/C23H26F3N3O2/c1-15-13-20(30)21(27-29(15)18-10-5-9-17(14-18)23(24,25)26)22(31)28-12-6-11-19(28)16-7-3-2-4-8-16/h5,9-10,13-14,16,19H,2-4,6-8,11-12H2,1H3. The summed E-state index contributed by atoms with van der Waals surface area (Å²) in [6, 6.07) is 6.10. The number of alkyl halides is 3. The number of nitrogens with zero attached hydrogens (tertiary/aromatic N) is 3. The van der Waals surface area contributed by atoms with Crippen LogP contribution in [0.5, 0.6) is 0 Å². The van der Waals surface area contributed by atoms with E-state index in [4.69, 9.17) is 0 Å². The highest BCUT2D eigenvalue weighted by Gasteiger charge is 2.37. The molecule has 1 atom stereocenters. The first-order valence-corrected chi connectivity index (χ1v) is 10.9. The number of hydrogen-bond donors (Lipinski definition) is 0. The van der Waals surface area contributed by atoms with Gasteiger partial charge in [0.15, 0.2) is 5.69 Å². The molecule has 2 aromatic rings. The van der Waals surface area contributed by atoms with Crippen LogP contribution in [0.2, 0.25) is 0 Å². The van der Waals surface area contributed by atoms with Crippen molar-refractivity contribution < 1.29 is 18.0 Å². The first-order chi connectivity index (χ1) is 14.8. The summed E-state index contributed by atoms with van der Waals surface area (Å²) in [6.07, 6.45) is 3.03. The van der Waals surface area contributed by atoms with E-state index in [1.807, 2.05) is 0 Å². The molecule has 1 aliphatic carbocycles. The van der Waals surface area contributed by atoms with Crippen LogP contribution < -0.4 is 5.43 Å². The number of rotatable bonds is 3. The zero-order chi connectivity index (χ0) is 22.2. The lowest BCUT2D eigenvalue weighted by atomic mass is 9.83. The van der Waals surface area contributed by atoms with Crippen molar-refractivity contribution in [2.75, 3.05) is 6.54 Å². The molecule has 0 N–H and O–H groups in total. The molecule has 0 spiro atoms. The Morgan fingerprint density at radius 1 is 1.06 bits per heavy atom. The van der Waals surface area contributed by atoms with Crippen LogP contribution in [-0.2, 0) is 6.18 Å². The fraction of sp³-hybridized carbons (Fsp3) is 0.522. The third-order valence-corrected chi connectivity index (χ3v) is 6.48. The van der Waals surface area contributed by atoms with Gasteiger partial charge in [0.1, 0.15) is 0 Å². The van der Waals surface area contributed by atoms with Crippen molar-refractivity contribution in [2.45, 2.75) is 64.1 Å². The maximum atomic E-state index is 13.3. The second-order valence-corrected chi connectivity index (χ2v) is 8.56. The van der Waals surface area contributed by atoms with E-state index in [1.54, 1.807) is 11.8 Å². The zero-order valence-electron chi connectivity index (χ0n) is 17.5. The Balaban J connectivity index is 1.68. The normalized spacial score (nSPS) is 20.3. The maximum Gasteiger partial charge on any atom is 0.416 e. The molecule has 1 aliphatic heterocycles. The van der Waals surface area contributed by atoms with Crippen LogP contribution in [0.3, 0.4) is 0 Å². The minimum absolute atomic E-state index is 0.109. The monoisotopic (exact) mass is 433 g/mol. The lowest BCUT2D eigenvalue weighted by Crippen LogP contribution is -2.43. The van der Waals surface area contributed by atoms with Crippen LogP contribution in [0.15, 0.2) is 35.1 Å². The van der Waals surface area contributed by atoms with Gasteiger partial charge in [-0.05, 0) is 56.7 Å². The van der Waals surface area contributed by atoms with Gasteiger partial charge in [0, 0.05) is 24.3 Å². The lowest BCUT2D eigenvalue weighted by molar-refractivity contribution is -0.137. The molecular formula is C23H26F3N3O2. The summed E-state index contributed by atoms with van der Waals surface area (Å²) in [5, 5.41) is 4.23. The number of carbonyl (C=O) groups excluding carboxylic acids is 1. The van der Waals surface area contributed by atoms with E-state index in [1.165, 1.54) is 29.3 Å². The van der Waals surface area contributed by atoms with Crippen molar-refractivity contribution in [3.63, 3.8) is 0 Å². The first kappa shape index (κ1) is 21.6. The average Bonchev–Trinajstić information content (AvgIpc) is 3.23. The molecule has 1 unspecified atom stereocenters. The van der Waals surface area contributed by atoms with E-state index in [0.29, 0.717) is 18.2 Å². The van der Waals surface area contributed by atoms with Gasteiger partial charge in [0.2, 0.25) is 5.43 Å². The Bertz CT molecular complexity index is 1030. The first-order valence-electron chi connectivity index (χ1n) is 10.9. The van der Waals surface area contributed by atoms with Crippen LogP contribution in [0, 0.1) is 12.8 Å². The smallest absolute Gasteiger partial charge is 0.334 e. The Kier molecular flexibility index (Phi) is 5.90. The second-order valence-electron chi connectivity index (χ2n) is 8.56. The molecule has 166 valence electrons. The van der Waals surface area contributed by atoms with E-state index in [0.717, 1.165) is 50.7 Å². The molecule has 2 heterocycles. The average molecular weight is 433 g/mol. The van der Waals surface area contributed by atoms with Crippen LogP contribution in [0.25, 0.3) is 5.69 Å². The summed E-state index contributed by atoms with van der Waals surface area (Å²) in [7, 11) is 0. The summed E-state index contributed by atoms with van der Waals surface area (Å²) in [6.45, 7) is 2.17. The van der Waals surface area contributed by atoms with E-state index in [-0.39, 0.29) is 17.4 Å². The molecular weight excluding hydrogens is 407 g/mol. The summed E-state index contributed by atoms with van der Waals surface area (Å²) in [5.74, 6) is 0.0233. The van der Waals surface area contributed by atoms with E-state index in [2.05, 4.69) is 5.10 Å². The van der Waals surface area contributed by atoms with Crippen LogP contribution in [-0.4, -0.2) is 33.2 Å². The van der Waals surface area contributed by atoms with Gasteiger partial charge in [-0.15, -0.1) is 0 Å². The van der Waals surface area contributed by atoms with Gasteiger partial charge >= 0.3 is 6.18 Å². The molecule has 1 aromatic heterocycles. The number of benzene rings is 1. The molecule has 1 saturated carbocycles. The lowest BCUT2D eigenvalue weighted by Gasteiger charge is -2.33.